The number of hydrogen-bond donors (Lipinski definition) is 1. The van der Waals surface area contributed by atoms with Gasteiger partial charge in [0, 0.05) is 13.1 Å². The minimum absolute atomic E-state index is 0.230. The Labute approximate surface area is 96.1 Å². The van der Waals surface area contributed by atoms with Crippen LogP contribution in [0, 0.1) is 5.92 Å². The molecule has 2 heterocycles. The summed E-state index contributed by atoms with van der Waals surface area (Å²) < 4.78 is 1.15. The summed E-state index contributed by atoms with van der Waals surface area (Å²) in [5.41, 5.74) is 0.987. The van der Waals surface area contributed by atoms with Crippen LogP contribution in [-0.4, -0.2) is 29.1 Å². The Morgan fingerprint density at radius 3 is 2.88 bits per heavy atom. The van der Waals surface area contributed by atoms with E-state index in [-0.39, 0.29) is 5.92 Å². The first-order chi connectivity index (χ1) is 7.74. The summed E-state index contributed by atoms with van der Waals surface area (Å²) in [7, 11) is 0. The minimum atomic E-state index is -0.711. The molecule has 0 spiro atoms. The maximum Gasteiger partial charge on any atom is 0.310 e. The number of rotatable bonds is 2. The maximum atomic E-state index is 10.7. The van der Waals surface area contributed by atoms with Crippen LogP contribution in [0.2, 0.25) is 0 Å². The lowest BCUT2D eigenvalue weighted by Gasteiger charge is -2.36. The largest absolute Gasteiger partial charge is 0.481 e. The third kappa shape index (κ3) is 1.44. The number of carboxylic acids is 1. The van der Waals surface area contributed by atoms with E-state index in [9.17, 15) is 4.79 Å². The lowest BCUT2D eigenvalue weighted by Crippen LogP contribution is -2.50. The highest BCUT2D eigenvalue weighted by molar-refractivity contribution is 7.22. The normalized spacial score (nSPS) is 16.4. The van der Waals surface area contributed by atoms with Gasteiger partial charge < -0.3 is 10.0 Å². The Morgan fingerprint density at radius 1 is 1.44 bits per heavy atom. The van der Waals surface area contributed by atoms with E-state index in [0.717, 1.165) is 15.3 Å². The Hall–Kier alpha value is -1.62. The average Bonchev–Trinajstić information content (AvgIpc) is 2.57. The zero-order valence-corrected chi connectivity index (χ0v) is 9.28. The molecule has 4 nitrogen and oxygen atoms in total. The van der Waals surface area contributed by atoms with Gasteiger partial charge in [0.25, 0.3) is 0 Å². The Kier molecular flexibility index (Phi) is 2.07. The SMILES string of the molecule is O=C(O)C1CN(c2nc3ccccc3s2)C1. The van der Waals surface area contributed by atoms with E-state index < -0.39 is 5.97 Å². The van der Waals surface area contributed by atoms with Gasteiger partial charge in [0.15, 0.2) is 5.13 Å². The lowest BCUT2D eigenvalue weighted by molar-refractivity contribution is -0.142. The highest BCUT2D eigenvalue weighted by Crippen LogP contribution is 2.32. The Morgan fingerprint density at radius 2 is 2.19 bits per heavy atom. The quantitative estimate of drug-likeness (QED) is 0.861. The molecule has 82 valence electrons. The Bertz CT molecular complexity index is 513. The molecule has 16 heavy (non-hydrogen) atoms. The molecule has 1 aromatic carbocycles. The first kappa shape index (κ1) is 9.59. The van der Waals surface area contributed by atoms with Crippen LogP contribution in [0.1, 0.15) is 0 Å². The van der Waals surface area contributed by atoms with Crippen molar-refractivity contribution in [1.29, 1.82) is 0 Å². The van der Waals surface area contributed by atoms with Crippen molar-refractivity contribution in [1.82, 2.24) is 4.98 Å². The van der Waals surface area contributed by atoms with Gasteiger partial charge in [-0.2, -0.15) is 0 Å². The number of nitrogens with zero attached hydrogens (tertiary/aromatic N) is 2. The van der Waals surface area contributed by atoms with Crippen LogP contribution in [-0.2, 0) is 4.79 Å². The van der Waals surface area contributed by atoms with Crippen molar-refractivity contribution in [3.05, 3.63) is 24.3 Å². The van der Waals surface area contributed by atoms with E-state index in [1.807, 2.05) is 29.2 Å². The van der Waals surface area contributed by atoms with E-state index >= 15 is 0 Å². The molecule has 0 saturated carbocycles. The van der Waals surface area contributed by atoms with Crippen LogP contribution in [0.25, 0.3) is 10.2 Å². The van der Waals surface area contributed by atoms with E-state index in [1.54, 1.807) is 11.3 Å². The summed E-state index contributed by atoms with van der Waals surface area (Å²) in [6.07, 6.45) is 0. The van der Waals surface area contributed by atoms with Gasteiger partial charge in [-0.1, -0.05) is 23.5 Å². The zero-order valence-electron chi connectivity index (χ0n) is 8.46. The summed E-state index contributed by atoms with van der Waals surface area (Å²) in [5.74, 6) is -0.940. The van der Waals surface area contributed by atoms with Crippen molar-refractivity contribution < 1.29 is 9.90 Å². The van der Waals surface area contributed by atoms with Crippen molar-refractivity contribution in [2.45, 2.75) is 0 Å². The fourth-order valence-corrected chi connectivity index (χ4v) is 2.77. The molecule has 1 saturated heterocycles. The molecule has 1 N–H and O–H groups in total. The second-order valence-electron chi connectivity index (χ2n) is 3.90. The van der Waals surface area contributed by atoms with Crippen LogP contribution >= 0.6 is 11.3 Å². The number of fused-ring (bicyclic) bond motifs is 1. The van der Waals surface area contributed by atoms with Crippen LogP contribution in [0.3, 0.4) is 0 Å². The van der Waals surface area contributed by atoms with Crippen molar-refractivity contribution in [3.8, 4) is 0 Å². The third-order valence-corrected chi connectivity index (χ3v) is 3.88. The van der Waals surface area contributed by atoms with Crippen LogP contribution in [0.5, 0.6) is 0 Å². The summed E-state index contributed by atoms with van der Waals surface area (Å²) >= 11 is 1.62. The first-order valence-corrected chi connectivity index (χ1v) is 5.89. The predicted molar refractivity (Wildman–Crippen MR) is 63.0 cm³/mol. The third-order valence-electron chi connectivity index (χ3n) is 2.78. The molecule has 1 aliphatic rings. The molecule has 0 atom stereocenters. The van der Waals surface area contributed by atoms with Crippen molar-refractivity contribution in [2.75, 3.05) is 18.0 Å². The molecule has 1 fully saturated rings. The number of para-hydroxylation sites is 1. The number of carbonyl (C=O) groups is 1. The Balaban J connectivity index is 1.83. The van der Waals surface area contributed by atoms with Crippen molar-refractivity contribution in [2.24, 2.45) is 5.92 Å². The van der Waals surface area contributed by atoms with Gasteiger partial charge in [0.1, 0.15) is 0 Å². The number of carboxylic acid groups (broad SMARTS) is 1. The van der Waals surface area contributed by atoms with E-state index in [0.29, 0.717) is 13.1 Å². The molecular formula is C11H10N2O2S. The molecule has 1 aromatic heterocycles. The van der Waals surface area contributed by atoms with Gasteiger partial charge in [-0.15, -0.1) is 0 Å². The molecule has 1 aliphatic heterocycles. The van der Waals surface area contributed by atoms with Crippen molar-refractivity contribution >= 4 is 32.7 Å². The summed E-state index contributed by atoms with van der Waals surface area (Å²) in [6.45, 7) is 1.16. The predicted octanol–water partition coefficient (Wildman–Crippen LogP) is 1.82. The number of thiazole rings is 1. The minimum Gasteiger partial charge on any atom is -0.481 e. The smallest absolute Gasteiger partial charge is 0.310 e. The number of aromatic nitrogens is 1. The molecule has 0 unspecified atom stereocenters. The van der Waals surface area contributed by atoms with Crippen LogP contribution < -0.4 is 4.90 Å². The number of hydrogen-bond acceptors (Lipinski definition) is 4. The van der Waals surface area contributed by atoms with E-state index in [4.69, 9.17) is 5.11 Å². The molecular weight excluding hydrogens is 224 g/mol. The molecule has 0 amide bonds. The van der Waals surface area contributed by atoms with Gasteiger partial charge in [-0.3, -0.25) is 4.79 Å². The average molecular weight is 234 g/mol. The first-order valence-electron chi connectivity index (χ1n) is 5.07. The van der Waals surface area contributed by atoms with Gasteiger partial charge in [0.05, 0.1) is 16.1 Å². The van der Waals surface area contributed by atoms with Gasteiger partial charge >= 0.3 is 5.97 Å². The van der Waals surface area contributed by atoms with Crippen LogP contribution in [0.4, 0.5) is 5.13 Å². The summed E-state index contributed by atoms with van der Waals surface area (Å²) in [6, 6.07) is 7.96. The molecule has 0 bridgehead atoms. The van der Waals surface area contributed by atoms with Gasteiger partial charge in [0.2, 0.25) is 0 Å². The monoisotopic (exact) mass is 234 g/mol. The number of benzene rings is 1. The number of aliphatic carboxylic acids is 1. The molecule has 2 aromatic rings. The van der Waals surface area contributed by atoms with Gasteiger partial charge in [-0.05, 0) is 12.1 Å². The molecule has 0 aliphatic carbocycles. The highest BCUT2D eigenvalue weighted by atomic mass is 32.1. The highest BCUT2D eigenvalue weighted by Gasteiger charge is 2.34. The topological polar surface area (TPSA) is 53.4 Å². The van der Waals surface area contributed by atoms with E-state index in [2.05, 4.69) is 4.98 Å². The number of anilines is 1. The second-order valence-corrected chi connectivity index (χ2v) is 4.91. The summed E-state index contributed by atoms with van der Waals surface area (Å²) in [4.78, 5) is 17.2. The van der Waals surface area contributed by atoms with Gasteiger partial charge in [-0.25, -0.2) is 4.98 Å². The fourth-order valence-electron chi connectivity index (χ4n) is 1.79. The lowest BCUT2D eigenvalue weighted by atomic mass is 10.0. The molecule has 3 rings (SSSR count). The standard InChI is InChI=1S/C11H10N2O2S/c14-10(15)7-5-13(6-7)11-12-8-3-1-2-4-9(8)16-11/h1-4,7H,5-6H2,(H,14,15). The summed E-state index contributed by atoms with van der Waals surface area (Å²) in [5, 5.41) is 9.72. The second kappa shape index (κ2) is 3.45. The molecule has 0 radical (unpaired) electrons. The molecule has 5 heteroatoms. The van der Waals surface area contributed by atoms with Crippen molar-refractivity contribution in [3.63, 3.8) is 0 Å². The van der Waals surface area contributed by atoms with Crippen LogP contribution in [0.15, 0.2) is 24.3 Å². The maximum absolute atomic E-state index is 10.7. The zero-order chi connectivity index (χ0) is 11.1. The van der Waals surface area contributed by atoms with E-state index in [1.165, 1.54) is 0 Å². The fraction of sp³-hybridized carbons (Fsp3) is 0.273.